The monoisotopic (exact) mass is 611 g/mol. The Balaban J connectivity index is 1.48. The van der Waals surface area contributed by atoms with Gasteiger partial charge in [0.25, 0.3) is 0 Å². The molecule has 0 aliphatic carbocycles. The van der Waals surface area contributed by atoms with Crippen LogP contribution in [0.15, 0.2) is 140 Å². The topological polar surface area (TPSA) is 67.4 Å². The predicted molar refractivity (Wildman–Crippen MR) is 181 cm³/mol. The summed E-state index contributed by atoms with van der Waals surface area (Å²) < 4.78 is 31.7. The fourth-order valence-corrected chi connectivity index (χ4v) is 6.03. The minimum atomic E-state index is -0.938. The van der Waals surface area contributed by atoms with Gasteiger partial charge in [0, 0.05) is 33.0 Å². The highest BCUT2D eigenvalue weighted by Gasteiger charge is 2.21. The van der Waals surface area contributed by atoms with Crippen molar-refractivity contribution >= 4 is 21.8 Å². The van der Waals surface area contributed by atoms with Crippen LogP contribution in [0.5, 0.6) is 0 Å². The fraction of sp³-hybridized carbons (Fsp3) is 0. The van der Waals surface area contributed by atoms with Gasteiger partial charge in [-0.1, -0.05) is 103 Å². The second kappa shape index (κ2) is 11.4. The summed E-state index contributed by atoms with van der Waals surface area (Å²) in [5.41, 5.74) is 5.70. The molecule has 0 N–H and O–H groups in total. The van der Waals surface area contributed by atoms with Gasteiger partial charge >= 0.3 is 0 Å². The van der Waals surface area contributed by atoms with Crippen molar-refractivity contribution in [3.05, 3.63) is 157 Å². The van der Waals surface area contributed by atoms with Crippen LogP contribution in [0.25, 0.3) is 72.8 Å². The van der Waals surface area contributed by atoms with Crippen LogP contribution in [0, 0.1) is 23.0 Å². The Hall–Kier alpha value is -6.52. The van der Waals surface area contributed by atoms with Crippen LogP contribution in [-0.2, 0) is 0 Å². The number of benzene rings is 6. The molecule has 0 saturated carbocycles. The Morgan fingerprint density at radius 1 is 0.511 bits per heavy atom. The summed E-state index contributed by atoms with van der Waals surface area (Å²) in [5.74, 6) is -0.577. The quantitative estimate of drug-likeness (QED) is 0.194. The molecule has 222 valence electrons. The highest BCUT2D eigenvalue weighted by molar-refractivity contribution is 6.10. The van der Waals surface area contributed by atoms with E-state index >= 15 is 4.39 Å². The zero-order valence-corrected chi connectivity index (χ0v) is 24.8. The van der Waals surface area contributed by atoms with Gasteiger partial charge in [0.1, 0.15) is 0 Å². The molecule has 0 saturated heterocycles. The summed E-state index contributed by atoms with van der Waals surface area (Å²) in [6.45, 7) is 0. The van der Waals surface area contributed by atoms with Crippen molar-refractivity contribution in [2.45, 2.75) is 0 Å². The third kappa shape index (κ3) is 4.89. The Bertz CT molecular complexity index is 2440. The summed E-state index contributed by atoms with van der Waals surface area (Å²) >= 11 is 0. The van der Waals surface area contributed by atoms with Gasteiger partial charge in [0.15, 0.2) is 29.1 Å². The van der Waals surface area contributed by atoms with Gasteiger partial charge in [-0.15, -0.1) is 0 Å². The number of nitriles is 1. The Morgan fingerprint density at radius 3 is 1.85 bits per heavy atom. The highest BCUT2D eigenvalue weighted by Crippen LogP contribution is 2.39. The molecule has 8 rings (SSSR count). The third-order valence-electron chi connectivity index (χ3n) is 8.24. The van der Waals surface area contributed by atoms with Crippen LogP contribution in [0.1, 0.15) is 5.56 Å². The minimum absolute atomic E-state index is 0.118. The van der Waals surface area contributed by atoms with E-state index in [1.165, 1.54) is 6.07 Å². The molecule has 0 radical (unpaired) electrons. The van der Waals surface area contributed by atoms with Crippen molar-refractivity contribution in [3.63, 3.8) is 0 Å². The van der Waals surface area contributed by atoms with Gasteiger partial charge < -0.3 is 4.57 Å². The molecule has 2 aromatic heterocycles. The maximum absolute atomic E-state index is 15.2. The van der Waals surface area contributed by atoms with E-state index in [1.807, 2.05) is 103 Å². The summed E-state index contributed by atoms with van der Waals surface area (Å²) in [6.07, 6.45) is 0. The van der Waals surface area contributed by atoms with Crippen LogP contribution in [0.2, 0.25) is 0 Å². The molecule has 6 aromatic carbocycles. The first-order valence-corrected chi connectivity index (χ1v) is 15.0. The number of rotatable bonds is 5. The van der Waals surface area contributed by atoms with Crippen molar-refractivity contribution in [2.24, 2.45) is 0 Å². The Kier molecular flexibility index (Phi) is 6.81. The second-order valence-electron chi connectivity index (χ2n) is 11.1. The van der Waals surface area contributed by atoms with Crippen LogP contribution in [0.3, 0.4) is 0 Å². The van der Waals surface area contributed by atoms with Gasteiger partial charge in [-0.3, -0.25) is 0 Å². The average molecular weight is 612 g/mol. The SMILES string of the molecule is N#Cc1ccc2c3ccccc3n(-c3ccc(-c4cccc(F)c4F)cc3-c3nc(-c4ccccc4)nc(-c4ccccc4)n3)c2c1. The van der Waals surface area contributed by atoms with Gasteiger partial charge in [0.2, 0.25) is 0 Å². The van der Waals surface area contributed by atoms with E-state index < -0.39 is 11.6 Å². The number of hydrogen-bond donors (Lipinski definition) is 0. The van der Waals surface area contributed by atoms with E-state index in [9.17, 15) is 9.65 Å². The summed E-state index contributed by atoms with van der Waals surface area (Å²) in [5, 5.41) is 11.8. The van der Waals surface area contributed by atoms with Gasteiger partial charge in [0.05, 0.1) is 28.4 Å². The van der Waals surface area contributed by atoms with E-state index in [4.69, 9.17) is 15.0 Å². The van der Waals surface area contributed by atoms with Crippen molar-refractivity contribution in [1.82, 2.24) is 19.5 Å². The van der Waals surface area contributed by atoms with Crippen molar-refractivity contribution in [3.8, 4) is 57.0 Å². The van der Waals surface area contributed by atoms with Crippen molar-refractivity contribution < 1.29 is 8.78 Å². The molecule has 0 atom stereocenters. The van der Waals surface area contributed by atoms with Crippen LogP contribution >= 0.6 is 0 Å². The molecular formula is C40H23F2N5. The lowest BCUT2D eigenvalue weighted by Gasteiger charge is -2.16. The zero-order valence-electron chi connectivity index (χ0n) is 24.8. The zero-order chi connectivity index (χ0) is 31.9. The predicted octanol–water partition coefficient (Wildman–Crippen LogP) is 9.79. The maximum atomic E-state index is 15.2. The molecule has 2 heterocycles. The molecule has 8 aromatic rings. The number of aromatic nitrogens is 4. The van der Waals surface area contributed by atoms with Crippen molar-refractivity contribution in [1.29, 1.82) is 5.26 Å². The summed E-state index contributed by atoms with van der Waals surface area (Å²) in [6, 6.07) is 44.7. The largest absolute Gasteiger partial charge is 0.308 e. The number of fused-ring (bicyclic) bond motifs is 3. The number of para-hydroxylation sites is 1. The highest BCUT2D eigenvalue weighted by atomic mass is 19.2. The van der Waals surface area contributed by atoms with Crippen molar-refractivity contribution in [2.75, 3.05) is 0 Å². The minimum Gasteiger partial charge on any atom is -0.308 e. The normalized spacial score (nSPS) is 11.2. The Morgan fingerprint density at radius 2 is 1.15 bits per heavy atom. The number of hydrogen-bond acceptors (Lipinski definition) is 4. The molecule has 7 heteroatoms. The van der Waals surface area contributed by atoms with E-state index in [1.54, 1.807) is 24.3 Å². The molecule has 0 fully saturated rings. The van der Waals surface area contributed by atoms with Gasteiger partial charge in [-0.05, 0) is 42.0 Å². The molecule has 0 unspecified atom stereocenters. The average Bonchev–Trinajstić information content (AvgIpc) is 3.46. The standard InChI is InChI=1S/C40H23F2N5/c41-33-16-9-15-29(37(33)42)28-19-21-35(47-34-17-8-7-14-30(34)31-20-18-25(24-43)22-36(31)47)32(23-28)40-45-38(26-10-3-1-4-11-26)44-39(46-40)27-12-5-2-6-13-27/h1-23H. The van der Waals surface area contributed by atoms with Crippen LogP contribution < -0.4 is 0 Å². The smallest absolute Gasteiger partial charge is 0.166 e. The van der Waals surface area contributed by atoms with Gasteiger partial charge in [-0.2, -0.15) is 5.26 Å². The van der Waals surface area contributed by atoms with Gasteiger partial charge in [-0.25, -0.2) is 23.7 Å². The number of nitrogens with zero attached hydrogens (tertiary/aromatic N) is 5. The molecule has 0 bridgehead atoms. The maximum Gasteiger partial charge on any atom is 0.166 e. The molecular weight excluding hydrogens is 588 g/mol. The molecule has 0 aliphatic heterocycles. The van der Waals surface area contributed by atoms with E-state index in [0.29, 0.717) is 39.9 Å². The summed E-state index contributed by atoms with van der Waals surface area (Å²) in [4.78, 5) is 14.8. The first-order chi connectivity index (χ1) is 23.1. The molecule has 0 aliphatic rings. The van der Waals surface area contributed by atoms with Crippen LogP contribution in [0.4, 0.5) is 8.78 Å². The van der Waals surface area contributed by atoms with E-state index in [0.717, 1.165) is 39.0 Å². The molecule has 0 amide bonds. The lowest BCUT2D eigenvalue weighted by molar-refractivity contribution is 0.511. The van der Waals surface area contributed by atoms with E-state index in [-0.39, 0.29) is 5.56 Å². The molecule has 47 heavy (non-hydrogen) atoms. The second-order valence-corrected chi connectivity index (χ2v) is 11.1. The number of halogens is 2. The fourth-order valence-electron chi connectivity index (χ4n) is 6.03. The Labute approximate surface area is 268 Å². The third-order valence-corrected chi connectivity index (χ3v) is 8.24. The first-order valence-electron chi connectivity index (χ1n) is 15.0. The first kappa shape index (κ1) is 28.0. The lowest BCUT2D eigenvalue weighted by Crippen LogP contribution is -2.04. The lowest BCUT2D eigenvalue weighted by atomic mass is 10.00. The summed E-state index contributed by atoms with van der Waals surface area (Å²) in [7, 11) is 0. The molecule has 5 nitrogen and oxygen atoms in total. The van der Waals surface area contributed by atoms with Crippen LogP contribution in [-0.4, -0.2) is 19.5 Å². The molecule has 0 spiro atoms. The van der Waals surface area contributed by atoms with E-state index in [2.05, 4.69) is 10.6 Å².